The molecule has 1 saturated heterocycles. The van der Waals surface area contributed by atoms with E-state index in [1.165, 1.54) is 6.92 Å². The standard InChI is InChI=1S/C19H28N2O5/c1-14(22)20-9-6-18(23)21-13-19(7-10-26-11-8-19)15-4-5-16(24-2)17(12-15)25-3/h4-5,12H,6-11,13H2,1-3H3,(H,20,22)(H,21,23). The summed E-state index contributed by atoms with van der Waals surface area (Å²) in [5.41, 5.74) is 0.891. The van der Waals surface area contributed by atoms with E-state index in [2.05, 4.69) is 10.6 Å². The van der Waals surface area contributed by atoms with Gasteiger partial charge in [0.2, 0.25) is 11.8 Å². The van der Waals surface area contributed by atoms with E-state index in [0.29, 0.717) is 37.8 Å². The average molecular weight is 364 g/mol. The summed E-state index contributed by atoms with van der Waals surface area (Å²) in [6.45, 7) is 3.59. The Bertz CT molecular complexity index is 626. The molecule has 7 nitrogen and oxygen atoms in total. The van der Waals surface area contributed by atoms with E-state index in [9.17, 15) is 9.59 Å². The summed E-state index contributed by atoms with van der Waals surface area (Å²) in [5, 5.41) is 5.65. The molecule has 1 aromatic carbocycles. The number of ether oxygens (including phenoxy) is 3. The molecule has 144 valence electrons. The summed E-state index contributed by atoms with van der Waals surface area (Å²) in [6.07, 6.45) is 1.89. The van der Waals surface area contributed by atoms with Gasteiger partial charge in [-0.1, -0.05) is 6.07 Å². The minimum Gasteiger partial charge on any atom is -0.493 e. The fraction of sp³-hybridized carbons (Fsp3) is 0.579. The molecule has 26 heavy (non-hydrogen) atoms. The third-order valence-electron chi connectivity index (χ3n) is 4.80. The zero-order valence-corrected chi connectivity index (χ0v) is 15.7. The maximum Gasteiger partial charge on any atom is 0.221 e. The highest BCUT2D eigenvalue weighted by Crippen LogP contribution is 2.38. The predicted molar refractivity (Wildman–Crippen MR) is 97.6 cm³/mol. The van der Waals surface area contributed by atoms with Crippen molar-refractivity contribution in [2.24, 2.45) is 0 Å². The van der Waals surface area contributed by atoms with Crippen molar-refractivity contribution in [3.8, 4) is 11.5 Å². The highest BCUT2D eigenvalue weighted by Gasteiger charge is 2.35. The van der Waals surface area contributed by atoms with Crippen molar-refractivity contribution < 1.29 is 23.8 Å². The Morgan fingerprint density at radius 1 is 1.12 bits per heavy atom. The van der Waals surface area contributed by atoms with Gasteiger partial charge in [0.25, 0.3) is 0 Å². The molecule has 0 aliphatic carbocycles. The first-order valence-corrected chi connectivity index (χ1v) is 8.82. The van der Waals surface area contributed by atoms with Gasteiger partial charge in [0.1, 0.15) is 0 Å². The number of rotatable bonds is 8. The van der Waals surface area contributed by atoms with E-state index in [-0.39, 0.29) is 23.7 Å². The van der Waals surface area contributed by atoms with Crippen LogP contribution in [-0.4, -0.2) is 52.3 Å². The number of carbonyl (C=O) groups excluding carboxylic acids is 2. The van der Waals surface area contributed by atoms with Gasteiger partial charge >= 0.3 is 0 Å². The lowest BCUT2D eigenvalue weighted by atomic mass is 9.74. The summed E-state index contributed by atoms with van der Waals surface area (Å²) in [5.74, 6) is 1.14. The molecule has 0 radical (unpaired) electrons. The molecular weight excluding hydrogens is 336 g/mol. The fourth-order valence-corrected chi connectivity index (χ4v) is 3.20. The van der Waals surface area contributed by atoms with Crippen molar-refractivity contribution in [2.45, 2.75) is 31.6 Å². The average Bonchev–Trinajstić information content (AvgIpc) is 2.66. The highest BCUT2D eigenvalue weighted by atomic mass is 16.5. The molecule has 2 amide bonds. The van der Waals surface area contributed by atoms with Gasteiger partial charge in [0.05, 0.1) is 14.2 Å². The maximum absolute atomic E-state index is 12.1. The second-order valence-corrected chi connectivity index (χ2v) is 6.47. The van der Waals surface area contributed by atoms with Crippen LogP contribution in [0.1, 0.15) is 31.7 Å². The number of carbonyl (C=O) groups is 2. The zero-order valence-electron chi connectivity index (χ0n) is 15.7. The van der Waals surface area contributed by atoms with Gasteiger partial charge in [-0.25, -0.2) is 0 Å². The molecule has 0 spiro atoms. The quantitative estimate of drug-likeness (QED) is 0.728. The first-order chi connectivity index (χ1) is 12.5. The molecule has 0 unspecified atom stereocenters. The Balaban J connectivity index is 2.10. The molecule has 2 N–H and O–H groups in total. The molecule has 1 aromatic rings. The molecule has 1 fully saturated rings. The Hall–Kier alpha value is -2.28. The van der Waals surface area contributed by atoms with Gasteiger partial charge in [-0.2, -0.15) is 0 Å². The number of methoxy groups -OCH3 is 2. The molecule has 2 rings (SSSR count). The lowest BCUT2D eigenvalue weighted by molar-refractivity contribution is -0.122. The van der Waals surface area contributed by atoms with Gasteiger partial charge in [0, 0.05) is 45.1 Å². The van der Waals surface area contributed by atoms with Crippen molar-refractivity contribution in [3.63, 3.8) is 0 Å². The minimum atomic E-state index is -0.207. The Labute approximate surface area is 154 Å². The molecule has 0 aromatic heterocycles. The summed E-state index contributed by atoms with van der Waals surface area (Å²) < 4.78 is 16.3. The summed E-state index contributed by atoms with van der Waals surface area (Å²) in [4.78, 5) is 23.0. The number of amides is 2. The van der Waals surface area contributed by atoms with E-state index in [1.54, 1.807) is 14.2 Å². The molecular formula is C19H28N2O5. The topological polar surface area (TPSA) is 85.9 Å². The van der Waals surface area contributed by atoms with E-state index in [1.807, 2.05) is 18.2 Å². The van der Waals surface area contributed by atoms with Crippen molar-refractivity contribution in [3.05, 3.63) is 23.8 Å². The number of hydrogen-bond donors (Lipinski definition) is 2. The maximum atomic E-state index is 12.1. The highest BCUT2D eigenvalue weighted by molar-refractivity contribution is 5.78. The third-order valence-corrected chi connectivity index (χ3v) is 4.80. The van der Waals surface area contributed by atoms with Crippen LogP contribution in [0.15, 0.2) is 18.2 Å². The van der Waals surface area contributed by atoms with Crippen LogP contribution in [0.2, 0.25) is 0 Å². The second-order valence-electron chi connectivity index (χ2n) is 6.47. The number of benzene rings is 1. The van der Waals surface area contributed by atoms with Crippen molar-refractivity contribution in [1.29, 1.82) is 0 Å². The van der Waals surface area contributed by atoms with Crippen LogP contribution in [0, 0.1) is 0 Å². The third kappa shape index (κ3) is 5.11. The summed E-state index contributed by atoms with van der Waals surface area (Å²) in [7, 11) is 3.22. The Kier molecular flexibility index (Phi) is 7.26. The normalized spacial score (nSPS) is 15.8. The number of nitrogens with one attached hydrogen (secondary N) is 2. The van der Waals surface area contributed by atoms with Gasteiger partial charge in [0.15, 0.2) is 11.5 Å². The molecule has 0 saturated carbocycles. The van der Waals surface area contributed by atoms with Crippen LogP contribution in [0.5, 0.6) is 11.5 Å². The van der Waals surface area contributed by atoms with Crippen LogP contribution < -0.4 is 20.1 Å². The summed E-state index contributed by atoms with van der Waals surface area (Å²) >= 11 is 0. The lowest BCUT2D eigenvalue weighted by Crippen LogP contribution is -2.45. The van der Waals surface area contributed by atoms with Gasteiger partial charge in [-0.3, -0.25) is 9.59 Å². The lowest BCUT2D eigenvalue weighted by Gasteiger charge is -2.38. The molecule has 1 heterocycles. The SMILES string of the molecule is COc1ccc(C2(CNC(=O)CCNC(C)=O)CCOCC2)cc1OC. The van der Waals surface area contributed by atoms with Gasteiger partial charge in [-0.15, -0.1) is 0 Å². The Morgan fingerprint density at radius 2 is 1.81 bits per heavy atom. The van der Waals surface area contributed by atoms with E-state index in [0.717, 1.165) is 18.4 Å². The van der Waals surface area contributed by atoms with Crippen LogP contribution in [0.25, 0.3) is 0 Å². The van der Waals surface area contributed by atoms with E-state index >= 15 is 0 Å². The van der Waals surface area contributed by atoms with Crippen LogP contribution in [0.4, 0.5) is 0 Å². The van der Waals surface area contributed by atoms with Crippen molar-refractivity contribution >= 4 is 11.8 Å². The molecule has 1 aliphatic heterocycles. The first-order valence-electron chi connectivity index (χ1n) is 8.82. The minimum absolute atomic E-state index is 0.0786. The van der Waals surface area contributed by atoms with Crippen LogP contribution in [-0.2, 0) is 19.7 Å². The largest absolute Gasteiger partial charge is 0.493 e. The van der Waals surface area contributed by atoms with E-state index in [4.69, 9.17) is 14.2 Å². The van der Waals surface area contributed by atoms with Crippen LogP contribution in [0.3, 0.4) is 0 Å². The Morgan fingerprint density at radius 3 is 2.42 bits per heavy atom. The van der Waals surface area contributed by atoms with E-state index < -0.39 is 0 Å². The smallest absolute Gasteiger partial charge is 0.221 e. The summed E-state index contributed by atoms with van der Waals surface area (Å²) in [6, 6.07) is 5.90. The van der Waals surface area contributed by atoms with Crippen LogP contribution >= 0.6 is 0 Å². The predicted octanol–water partition coefficient (Wildman–Crippen LogP) is 1.39. The molecule has 7 heteroatoms. The van der Waals surface area contributed by atoms with Gasteiger partial charge < -0.3 is 24.8 Å². The molecule has 0 bridgehead atoms. The van der Waals surface area contributed by atoms with Crippen molar-refractivity contribution in [2.75, 3.05) is 40.5 Å². The fourth-order valence-electron chi connectivity index (χ4n) is 3.20. The first kappa shape index (κ1) is 20.0. The zero-order chi connectivity index (χ0) is 19.0. The number of hydrogen-bond acceptors (Lipinski definition) is 5. The monoisotopic (exact) mass is 364 g/mol. The molecule has 1 aliphatic rings. The van der Waals surface area contributed by atoms with Gasteiger partial charge in [-0.05, 0) is 30.5 Å². The molecule has 0 atom stereocenters. The van der Waals surface area contributed by atoms with Crippen molar-refractivity contribution in [1.82, 2.24) is 10.6 Å². The second kappa shape index (κ2) is 9.43.